The summed E-state index contributed by atoms with van der Waals surface area (Å²) in [6.45, 7) is 30.8. The van der Waals surface area contributed by atoms with Crippen LogP contribution in [0.2, 0.25) is 0 Å². The molecular formula is C28H55NO3. The summed E-state index contributed by atoms with van der Waals surface area (Å²) < 4.78 is 12.8. The number of carbonyl (C=O) groups excluding carboxylic acids is 1. The average Bonchev–Trinajstić information content (AvgIpc) is 2.49. The van der Waals surface area contributed by atoms with Gasteiger partial charge in [0, 0.05) is 16.4 Å². The molecule has 0 spiro atoms. The molecule has 0 heterocycles. The fraction of sp³-hybridized carbons (Fsp3) is 0.893. The number of nitrogens with one attached hydrogen (secondary N) is 1. The molecule has 0 atom stereocenters. The molecule has 4 heteroatoms. The minimum Gasteiger partial charge on any atom is -0.375 e. The molecule has 0 aliphatic heterocycles. The number of carbonyl (C=O) groups is 1. The summed E-state index contributed by atoms with van der Waals surface area (Å²) in [6.07, 6.45) is 6.36. The van der Waals surface area contributed by atoms with Crippen molar-refractivity contribution in [2.24, 2.45) is 10.8 Å². The molecule has 0 unspecified atom stereocenters. The summed E-state index contributed by atoms with van der Waals surface area (Å²) >= 11 is 0. The molecule has 0 saturated heterocycles. The van der Waals surface area contributed by atoms with Crippen LogP contribution in [0.25, 0.3) is 0 Å². The Hall–Kier alpha value is -0.710. The van der Waals surface area contributed by atoms with E-state index in [1.54, 1.807) is 0 Å². The molecule has 0 radical (unpaired) electrons. The molecule has 0 aliphatic rings. The van der Waals surface area contributed by atoms with Crippen LogP contribution in [0.1, 0.15) is 116 Å². The Morgan fingerprint density at radius 3 is 1.78 bits per heavy atom. The van der Waals surface area contributed by atoms with Crippen LogP contribution < -0.4 is 5.32 Å². The lowest BCUT2D eigenvalue weighted by molar-refractivity contribution is -0.160. The lowest BCUT2D eigenvalue weighted by Crippen LogP contribution is -2.45. The molecule has 1 N–H and O–H groups in total. The first kappa shape index (κ1) is 31.3. The van der Waals surface area contributed by atoms with Gasteiger partial charge in [-0.05, 0) is 109 Å². The number of Topliss-reactive ketones (excluding diaryl/α,β-unsaturated/α-hetero) is 1. The molecule has 0 aliphatic carbocycles. The van der Waals surface area contributed by atoms with E-state index < -0.39 is 16.4 Å². The first-order valence-electron chi connectivity index (χ1n) is 12.3. The maximum absolute atomic E-state index is 13.2. The van der Waals surface area contributed by atoms with E-state index in [9.17, 15) is 4.79 Å². The monoisotopic (exact) mass is 453 g/mol. The Morgan fingerprint density at radius 2 is 1.31 bits per heavy atom. The third kappa shape index (κ3) is 12.5. The number of rotatable bonds is 14. The average molecular weight is 454 g/mol. The van der Waals surface area contributed by atoms with Crippen molar-refractivity contribution in [2.45, 2.75) is 139 Å². The van der Waals surface area contributed by atoms with Crippen molar-refractivity contribution in [2.75, 3.05) is 13.2 Å². The van der Waals surface area contributed by atoms with Crippen LogP contribution in [-0.2, 0) is 14.3 Å². The summed E-state index contributed by atoms with van der Waals surface area (Å²) in [5, 5.41) is 3.53. The minimum atomic E-state index is -0.485. The van der Waals surface area contributed by atoms with Crippen molar-refractivity contribution < 1.29 is 14.3 Å². The summed E-state index contributed by atoms with van der Waals surface area (Å²) in [5.74, 6) is 0.242. The SMILES string of the molecule is CC=CC(C)(C)C(=O)C(C)(C)CC(C)(C)OC(C)(C)CCOC(C)(C)CCNC(C)(C)C. The van der Waals surface area contributed by atoms with Gasteiger partial charge in [-0.15, -0.1) is 0 Å². The molecule has 0 bridgehead atoms. The summed E-state index contributed by atoms with van der Waals surface area (Å²) in [7, 11) is 0. The van der Waals surface area contributed by atoms with Gasteiger partial charge in [-0.25, -0.2) is 0 Å². The van der Waals surface area contributed by atoms with Crippen molar-refractivity contribution in [3.8, 4) is 0 Å². The van der Waals surface area contributed by atoms with Gasteiger partial charge >= 0.3 is 0 Å². The Balaban J connectivity index is 4.88. The lowest BCUT2D eigenvalue weighted by atomic mass is 9.69. The van der Waals surface area contributed by atoms with Gasteiger partial charge in [-0.2, -0.15) is 0 Å². The molecule has 4 nitrogen and oxygen atoms in total. The molecule has 0 aromatic carbocycles. The maximum atomic E-state index is 13.2. The molecule has 0 fully saturated rings. The molecule has 0 aromatic heterocycles. The molecule has 32 heavy (non-hydrogen) atoms. The second-order valence-electron chi connectivity index (χ2n) is 13.5. The van der Waals surface area contributed by atoms with Crippen LogP contribution in [0.4, 0.5) is 0 Å². The van der Waals surface area contributed by atoms with E-state index >= 15 is 0 Å². The number of ether oxygens (including phenoxy) is 2. The predicted molar refractivity (Wildman–Crippen MR) is 138 cm³/mol. The van der Waals surface area contributed by atoms with Crippen LogP contribution in [0.3, 0.4) is 0 Å². The second kappa shape index (κ2) is 11.1. The molecule has 0 aromatic rings. The van der Waals surface area contributed by atoms with Gasteiger partial charge in [0.1, 0.15) is 5.78 Å². The second-order valence-corrected chi connectivity index (χ2v) is 13.5. The normalized spacial score (nSPS) is 14.9. The molecule has 190 valence electrons. The van der Waals surface area contributed by atoms with Crippen molar-refractivity contribution in [1.82, 2.24) is 5.32 Å². The third-order valence-electron chi connectivity index (χ3n) is 5.78. The van der Waals surface area contributed by atoms with Gasteiger partial charge in [0.2, 0.25) is 0 Å². The fourth-order valence-corrected chi connectivity index (χ4v) is 4.73. The van der Waals surface area contributed by atoms with Gasteiger partial charge in [-0.1, -0.05) is 26.0 Å². The van der Waals surface area contributed by atoms with E-state index in [1.165, 1.54) is 0 Å². The quantitative estimate of drug-likeness (QED) is 0.285. The summed E-state index contributed by atoms with van der Waals surface area (Å²) in [4.78, 5) is 13.2. The molecule has 0 saturated carbocycles. The molecule has 0 rings (SSSR count). The van der Waals surface area contributed by atoms with Gasteiger partial charge in [0.05, 0.1) is 23.4 Å². The highest BCUT2D eigenvalue weighted by atomic mass is 16.5. The largest absolute Gasteiger partial charge is 0.375 e. The van der Waals surface area contributed by atoms with Crippen LogP contribution >= 0.6 is 0 Å². The van der Waals surface area contributed by atoms with Crippen LogP contribution in [0.5, 0.6) is 0 Å². The van der Waals surface area contributed by atoms with E-state index in [0.29, 0.717) is 13.0 Å². The number of ketones is 1. The zero-order valence-corrected chi connectivity index (χ0v) is 23.9. The van der Waals surface area contributed by atoms with Gasteiger partial charge < -0.3 is 14.8 Å². The number of allylic oxidation sites excluding steroid dienone is 2. The van der Waals surface area contributed by atoms with Crippen LogP contribution in [0.15, 0.2) is 12.2 Å². The minimum absolute atomic E-state index is 0.120. The Morgan fingerprint density at radius 1 is 0.781 bits per heavy atom. The summed E-state index contributed by atoms with van der Waals surface area (Å²) in [5.41, 5.74) is -1.81. The zero-order valence-electron chi connectivity index (χ0n) is 23.9. The first-order chi connectivity index (χ1) is 14.0. The van der Waals surface area contributed by atoms with Gasteiger partial charge in [-0.3, -0.25) is 4.79 Å². The standard InChI is InChI=1S/C28H55NO3/c1-15-16-24(5,6)22(30)25(7,8)21-28(13,14)32-27(11,12)18-20-31-26(9,10)17-19-29-23(2,3)4/h15-16,29H,17-21H2,1-14H3. The highest BCUT2D eigenvalue weighted by Crippen LogP contribution is 2.39. The highest BCUT2D eigenvalue weighted by Gasteiger charge is 2.42. The van der Waals surface area contributed by atoms with Gasteiger partial charge in [0.15, 0.2) is 0 Å². The van der Waals surface area contributed by atoms with E-state index in [-0.39, 0.29) is 22.5 Å². The highest BCUT2D eigenvalue weighted by molar-refractivity contribution is 5.90. The van der Waals surface area contributed by atoms with Crippen molar-refractivity contribution in [3.63, 3.8) is 0 Å². The predicted octanol–water partition coefficient (Wildman–Crippen LogP) is 7.11. The molecule has 0 amide bonds. The van der Waals surface area contributed by atoms with Crippen LogP contribution in [0, 0.1) is 10.8 Å². The lowest BCUT2D eigenvalue weighted by Gasteiger charge is -2.42. The summed E-state index contributed by atoms with van der Waals surface area (Å²) in [6, 6.07) is 0. The smallest absolute Gasteiger partial charge is 0.147 e. The third-order valence-corrected chi connectivity index (χ3v) is 5.78. The Labute approximate surface area is 200 Å². The van der Waals surface area contributed by atoms with Crippen molar-refractivity contribution >= 4 is 5.78 Å². The van der Waals surface area contributed by atoms with Crippen LogP contribution in [-0.4, -0.2) is 41.3 Å². The van der Waals surface area contributed by atoms with Crippen molar-refractivity contribution in [3.05, 3.63) is 12.2 Å². The molecular weight excluding hydrogens is 398 g/mol. The van der Waals surface area contributed by atoms with E-state index in [0.717, 1.165) is 19.4 Å². The first-order valence-corrected chi connectivity index (χ1v) is 12.3. The Kier molecular flexibility index (Phi) is 10.9. The zero-order chi connectivity index (χ0) is 25.6. The Bertz CT molecular complexity index is 619. The maximum Gasteiger partial charge on any atom is 0.147 e. The number of hydrogen-bond acceptors (Lipinski definition) is 4. The van der Waals surface area contributed by atoms with Gasteiger partial charge in [0.25, 0.3) is 0 Å². The van der Waals surface area contributed by atoms with Crippen molar-refractivity contribution in [1.29, 1.82) is 0 Å². The van der Waals surface area contributed by atoms with E-state index in [1.807, 2.05) is 46.8 Å². The number of hydrogen-bond donors (Lipinski definition) is 1. The van der Waals surface area contributed by atoms with E-state index in [2.05, 4.69) is 67.6 Å². The van der Waals surface area contributed by atoms with E-state index in [4.69, 9.17) is 9.47 Å². The fourth-order valence-electron chi connectivity index (χ4n) is 4.73. The topological polar surface area (TPSA) is 47.6 Å².